The largest absolute Gasteiger partial charge is 0.507 e. The quantitative estimate of drug-likeness (QED) is 0.818. The van der Waals surface area contributed by atoms with E-state index in [9.17, 15) is 9.90 Å². The molecule has 108 valence electrons. The lowest BCUT2D eigenvalue weighted by Crippen LogP contribution is -2.18. The van der Waals surface area contributed by atoms with Crippen LogP contribution in [-0.2, 0) is 0 Å². The van der Waals surface area contributed by atoms with Crippen LogP contribution in [-0.4, -0.2) is 10.9 Å². The highest BCUT2D eigenvalue weighted by atomic mass is 16.3. The van der Waals surface area contributed by atoms with Crippen molar-refractivity contribution >= 4 is 5.78 Å². The lowest BCUT2D eigenvalue weighted by molar-refractivity contribution is 0.0887. The molecule has 1 N–H and O–H groups in total. The first-order valence-corrected chi connectivity index (χ1v) is 7.68. The van der Waals surface area contributed by atoms with Gasteiger partial charge in [-0.25, -0.2) is 0 Å². The van der Waals surface area contributed by atoms with Gasteiger partial charge in [-0.15, -0.1) is 0 Å². The van der Waals surface area contributed by atoms with Crippen LogP contribution in [0.4, 0.5) is 0 Å². The molecule has 0 bridgehead atoms. The summed E-state index contributed by atoms with van der Waals surface area (Å²) in [7, 11) is 0. The van der Waals surface area contributed by atoms with Gasteiger partial charge in [-0.05, 0) is 36.1 Å². The van der Waals surface area contributed by atoms with Crippen LogP contribution in [0.5, 0.6) is 5.75 Å². The Hall–Kier alpha value is -2.09. The zero-order valence-corrected chi connectivity index (χ0v) is 12.1. The van der Waals surface area contributed by atoms with Crippen molar-refractivity contribution in [1.29, 1.82) is 0 Å². The summed E-state index contributed by atoms with van der Waals surface area (Å²) in [6.45, 7) is 0. The Bertz CT molecular complexity index is 625. The molecule has 3 rings (SSSR count). The number of Topliss-reactive ketones (excluding diaryl/α,β-unsaturated/α-hetero) is 1. The summed E-state index contributed by atoms with van der Waals surface area (Å²) in [6.07, 6.45) is 5.37. The summed E-state index contributed by atoms with van der Waals surface area (Å²) in [5, 5.41) is 10.1. The molecule has 1 aliphatic rings. The molecule has 1 saturated carbocycles. The number of benzene rings is 2. The van der Waals surface area contributed by atoms with Crippen LogP contribution in [0, 0.1) is 5.92 Å². The van der Waals surface area contributed by atoms with Gasteiger partial charge in [0.2, 0.25) is 0 Å². The maximum atomic E-state index is 12.6. The number of hydrogen-bond acceptors (Lipinski definition) is 2. The van der Waals surface area contributed by atoms with Crippen molar-refractivity contribution in [3.8, 4) is 16.9 Å². The SMILES string of the molecule is O=C(c1cc(-c2ccccc2)ccc1O)C1CCCCC1. The molecular formula is C19H20O2. The molecule has 2 aromatic carbocycles. The Labute approximate surface area is 125 Å². The van der Waals surface area contributed by atoms with Gasteiger partial charge in [-0.2, -0.15) is 0 Å². The minimum Gasteiger partial charge on any atom is -0.507 e. The van der Waals surface area contributed by atoms with E-state index in [0.717, 1.165) is 36.8 Å². The van der Waals surface area contributed by atoms with Gasteiger partial charge < -0.3 is 5.11 Å². The highest BCUT2D eigenvalue weighted by Crippen LogP contribution is 2.32. The molecule has 0 spiro atoms. The molecule has 1 aliphatic carbocycles. The first-order chi connectivity index (χ1) is 10.3. The molecule has 21 heavy (non-hydrogen) atoms. The van der Waals surface area contributed by atoms with Crippen molar-refractivity contribution in [2.24, 2.45) is 5.92 Å². The Morgan fingerprint density at radius 3 is 2.33 bits per heavy atom. The fraction of sp³-hybridized carbons (Fsp3) is 0.316. The summed E-state index contributed by atoms with van der Waals surface area (Å²) in [6, 6.07) is 15.3. The maximum Gasteiger partial charge on any atom is 0.169 e. The Kier molecular flexibility index (Phi) is 4.05. The fourth-order valence-electron chi connectivity index (χ4n) is 3.13. The lowest BCUT2D eigenvalue weighted by atomic mass is 9.83. The normalized spacial score (nSPS) is 15.8. The molecule has 2 nitrogen and oxygen atoms in total. The van der Waals surface area contributed by atoms with Crippen molar-refractivity contribution < 1.29 is 9.90 Å². The molecule has 1 fully saturated rings. The third-order valence-corrected chi connectivity index (χ3v) is 4.35. The van der Waals surface area contributed by atoms with Gasteiger partial charge in [0, 0.05) is 5.92 Å². The number of phenols is 1. The van der Waals surface area contributed by atoms with Crippen molar-refractivity contribution in [3.63, 3.8) is 0 Å². The molecule has 0 unspecified atom stereocenters. The predicted molar refractivity (Wildman–Crippen MR) is 84.4 cm³/mol. The molecule has 0 radical (unpaired) electrons. The van der Waals surface area contributed by atoms with Gasteiger partial charge in [0.25, 0.3) is 0 Å². The van der Waals surface area contributed by atoms with Gasteiger partial charge in [0.05, 0.1) is 5.56 Å². The molecular weight excluding hydrogens is 260 g/mol. The van der Waals surface area contributed by atoms with Crippen molar-refractivity contribution in [2.75, 3.05) is 0 Å². The molecule has 0 aromatic heterocycles. The topological polar surface area (TPSA) is 37.3 Å². The van der Waals surface area contributed by atoms with Crippen LogP contribution in [0.2, 0.25) is 0 Å². The molecule has 0 amide bonds. The van der Waals surface area contributed by atoms with Crippen molar-refractivity contribution in [2.45, 2.75) is 32.1 Å². The first kappa shape index (κ1) is 13.9. The van der Waals surface area contributed by atoms with E-state index in [0.29, 0.717) is 5.56 Å². The number of rotatable bonds is 3. The molecule has 0 aliphatic heterocycles. The summed E-state index contributed by atoms with van der Waals surface area (Å²) in [4.78, 5) is 12.6. The second-order valence-electron chi connectivity index (χ2n) is 5.80. The van der Waals surface area contributed by atoms with Crippen molar-refractivity contribution in [1.82, 2.24) is 0 Å². The number of carbonyl (C=O) groups is 1. The maximum absolute atomic E-state index is 12.6. The fourth-order valence-corrected chi connectivity index (χ4v) is 3.13. The van der Waals surface area contributed by atoms with E-state index in [2.05, 4.69) is 0 Å². The van der Waals surface area contributed by atoms with E-state index in [4.69, 9.17) is 0 Å². The van der Waals surface area contributed by atoms with Crippen LogP contribution in [0.25, 0.3) is 11.1 Å². The summed E-state index contributed by atoms with van der Waals surface area (Å²) >= 11 is 0. The summed E-state index contributed by atoms with van der Waals surface area (Å²) < 4.78 is 0. The minimum absolute atomic E-state index is 0.0793. The van der Waals surface area contributed by atoms with E-state index in [-0.39, 0.29) is 17.5 Å². The third kappa shape index (κ3) is 2.99. The van der Waals surface area contributed by atoms with E-state index < -0.39 is 0 Å². The van der Waals surface area contributed by atoms with Crippen LogP contribution >= 0.6 is 0 Å². The minimum atomic E-state index is 0.0793. The van der Waals surface area contributed by atoms with E-state index in [1.807, 2.05) is 42.5 Å². The van der Waals surface area contributed by atoms with Gasteiger partial charge >= 0.3 is 0 Å². The van der Waals surface area contributed by atoms with Crippen molar-refractivity contribution in [3.05, 3.63) is 54.1 Å². The van der Waals surface area contributed by atoms with Gasteiger partial charge in [-0.1, -0.05) is 55.7 Å². The number of hydrogen-bond donors (Lipinski definition) is 1. The summed E-state index contributed by atoms with van der Waals surface area (Å²) in [5.41, 5.74) is 2.52. The Balaban J connectivity index is 1.93. The van der Waals surface area contributed by atoms with Crippen LogP contribution in [0.15, 0.2) is 48.5 Å². The average molecular weight is 280 g/mol. The lowest BCUT2D eigenvalue weighted by Gasteiger charge is -2.21. The second kappa shape index (κ2) is 6.13. The summed E-state index contributed by atoms with van der Waals surface area (Å²) in [5.74, 6) is 0.283. The molecule has 2 aromatic rings. The second-order valence-corrected chi connectivity index (χ2v) is 5.80. The smallest absolute Gasteiger partial charge is 0.169 e. The van der Waals surface area contributed by atoms with E-state index >= 15 is 0 Å². The standard InChI is InChI=1S/C19H20O2/c20-18-12-11-16(14-7-3-1-4-8-14)13-17(18)19(21)15-9-5-2-6-10-15/h1,3-4,7-8,11-13,15,20H,2,5-6,9-10H2. The molecule has 2 heteroatoms. The van der Waals surface area contributed by atoms with Crippen LogP contribution < -0.4 is 0 Å². The molecule has 0 atom stereocenters. The zero-order chi connectivity index (χ0) is 14.7. The number of ketones is 1. The highest BCUT2D eigenvalue weighted by Gasteiger charge is 2.24. The van der Waals surface area contributed by atoms with E-state index in [1.165, 1.54) is 6.42 Å². The van der Waals surface area contributed by atoms with E-state index in [1.54, 1.807) is 6.07 Å². The van der Waals surface area contributed by atoms with Gasteiger partial charge in [-0.3, -0.25) is 4.79 Å². The Morgan fingerprint density at radius 1 is 0.905 bits per heavy atom. The Morgan fingerprint density at radius 2 is 1.62 bits per heavy atom. The van der Waals surface area contributed by atoms with Crippen LogP contribution in [0.1, 0.15) is 42.5 Å². The molecule has 0 heterocycles. The van der Waals surface area contributed by atoms with Gasteiger partial charge in [0.1, 0.15) is 5.75 Å². The average Bonchev–Trinajstić information content (AvgIpc) is 2.56. The highest BCUT2D eigenvalue weighted by molar-refractivity contribution is 6.01. The number of carbonyl (C=O) groups excluding carboxylic acids is 1. The van der Waals surface area contributed by atoms with Gasteiger partial charge in [0.15, 0.2) is 5.78 Å². The van der Waals surface area contributed by atoms with Crippen LogP contribution in [0.3, 0.4) is 0 Å². The number of aromatic hydroxyl groups is 1. The molecule has 0 saturated heterocycles. The monoisotopic (exact) mass is 280 g/mol. The predicted octanol–water partition coefficient (Wildman–Crippen LogP) is 4.82. The third-order valence-electron chi connectivity index (χ3n) is 4.35. The number of phenolic OH excluding ortho intramolecular Hbond substituents is 1. The first-order valence-electron chi connectivity index (χ1n) is 7.68. The zero-order valence-electron chi connectivity index (χ0n) is 12.1.